The van der Waals surface area contributed by atoms with Crippen molar-refractivity contribution in [1.29, 1.82) is 0 Å². The first-order chi connectivity index (χ1) is 9.09. The molecule has 1 N–H and O–H groups in total. The maximum absolute atomic E-state index is 4.64. The van der Waals surface area contributed by atoms with Crippen LogP contribution < -0.4 is 5.32 Å². The van der Waals surface area contributed by atoms with Crippen LogP contribution >= 0.6 is 0 Å². The van der Waals surface area contributed by atoms with Gasteiger partial charge in [0.1, 0.15) is 0 Å². The molecule has 4 heteroatoms. The van der Waals surface area contributed by atoms with E-state index in [0.717, 1.165) is 24.3 Å². The van der Waals surface area contributed by atoms with Gasteiger partial charge in [-0.05, 0) is 44.5 Å². The molecular formula is C15H22N4. The first kappa shape index (κ1) is 13.7. The van der Waals surface area contributed by atoms with Crippen LogP contribution in [0.4, 0.5) is 0 Å². The molecule has 0 saturated heterocycles. The molecule has 0 aromatic carbocycles. The molecule has 0 aliphatic rings. The minimum atomic E-state index is 0.524. The zero-order valence-corrected chi connectivity index (χ0v) is 12.1. The number of hydrogen-bond acceptors (Lipinski definition) is 3. The summed E-state index contributed by atoms with van der Waals surface area (Å²) in [6.45, 7) is 9.53. The molecule has 0 aliphatic carbocycles. The van der Waals surface area contributed by atoms with Gasteiger partial charge in [0.25, 0.3) is 0 Å². The van der Waals surface area contributed by atoms with Gasteiger partial charge in [-0.3, -0.25) is 4.98 Å². The fourth-order valence-corrected chi connectivity index (χ4v) is 2.26. The van der Waals surface area contributed by atoms with Crippen molar-refractivity contribution < 1.29 is 0 Å². The molecule has 2 rings (SSSR count). The van der Waals surface area contributed by atoms with E-state index in [-0.39, 0.29) is 0 Å². The summed E-state index contributed by atoms with van der Waals surface area (Å²) in [6.07, 6.45) is 4.61. The van der Waals surface area contributed by atoms with Crippen molar-refractivity contribution in [3.05, 3.63) is 41.5 Å². The Hall–Kier alpha value is -1.68. The van der Waals surface area contributed by atoms with E-state index in [1.807, 2.05) is 16.8 Å². The minimum absolute atomic E-state index is 0.524. The highest BCUT2D eigenvalue weighted by Gasteiger charge is 2.12. The molecule has 0 amide bonds. The maximum Gasteiger partial charge on any atom is 0.0679 e. The number of rotatable bonds is 5. The van der Waals surface area contributed by atoms with Gasteiger partial charge < -0.3 is 5.32 Å². The van der Waals surface area contributed by atoms with Crippen molar-refractivity contribution in [2.75, 3.05) is 6.54 Å². The van der Waals surface area contributed by atoms with Gasteiger partial charge in [-0.1, -0.05) is 13.8 Å². The lowest BCUT2D eigenvalue weighted by atomic mass is 10.1. The van der Waals surface area contributed by atoms with Crippen LogP contribution in [-0.4, -0.2) is 27.4 Å². The molecule has 0 spiro atoms. The molecule has 0 unspecified atom stereocenters. The lowest BCUT2D eigenvalue weighted by Crippen LogP contribution is -2.25. The van der Waals surface area contributed by atoms with Gasteiger partial charge in [-0.25, -0.2) is 4.68 Å². The summed E-state index contributed by atoms with van der Waals surface area (Å²) < 4.78 is 2.00. The van der Waals surface area contributed by atoms with Crippen molar-refractivity contribution >= 4 is 0 Å². The Kier molecular flexibility index (Phi) is 4.32. The average molecular weight is 258 g/mol. The van der Waals surface area contributed by atoms with Crippen molar-refractivity contribution in [2.24, 2.45) is 0 Å². The van der Waals surface area contributed by atoms with E-state index in [1.54, 1.807) is 12.4 Å². The van der Waals surface area contributed by atoms with E-state index in [9.17, 15) is 0 Å². The minimum Gasteiger partial charge on any atom is -0.314 e. The lowest BCUT2D eigenvalue weighted by molar-refractivity contribution is 0.589. The third-order valence-electron chi connectivity index (χ3n) is 3.28. The summed E-state index contributed by atoms with van der Waals surface area (Å²) in [5.41, 5.74) is 4.73. The topological polar surface area (TPSA) is 42.7 Å². The normalized spacial score (nSPS) is 11.2. The Bertz CT molecular complexity index is 529. The number of hydrogen-bond donors (Lipinski definition) is 1. The zero-order chi connectivity index (χ0) is 13.8. The van der Waals surface area contributed by atoms with Crippen molar-refractivity contribution in [2.45, 2.75) is 40.2 Å². The van der Waals surface area contributed by atoms with Crippen molar-refractivity contribution in [1.82, 2.24) is 20.1 Å². The van der Waals surface area contributed by atoms with Crippen LogP contribution in [0, 0.1) is 13.8 Å². The van der Waals surface area contributed by atoms with Crippen LogP contribution in [0.15, 0.2) is 24.5 Å². The van der Waals surface area contributed by atoms with Crippen molar-refractivity contribution in [3.63, 3.8) is 0 Å². The van der Waals surface area contributed by atoms with Gasteiger partial charge in [0.2, 0.25) is 0 Å². The third-order valence-corrected chi connectivity index (χ3v) is 3.28. The fourth-order valence-electron chi connectivity index (χ4n) is 2.26. The van der Waals surface area contributed by atoms with E-state index in [2.05, 4.69) is 43.1 Å². The molecule has 0 aliphatic heterocycles. The molecule has 2 aromatic heterocycles. The van der Waals surface area contributed by atoms with Crippen molar-refractivity contribution in [3.8, 4) is 5.69 Å². The monoisotopic (exact) mass is 258 g/mol. The molecule has 2 aromatic rings. The van der Waals surface area contributed by atoms with Gasteiger partial charge in [0.05, 0.1) is 11.4 Å². The highest BCUT2D eigenvalue weighted by molar-refractivity contribution is 5.35. The number of pyridine rings is 1. The fraction of sp³-hybridized carbons (Fsp3) is 0.467. The Labute approximate surface area is 114 Å². The summed E-state index contributed by atoms with van der Waals surface area (Å²) in [6, 6.07) is 4.49. The highest BCUT2D eigenvalue weighted by atomic mass is 15.3. The summed E-state index contributed by atoms with van der Waals surface area (Å²) in [7, 11) is 0. The van der Waals surface area contributed by atoms with Crippen LogP contribution in [0.3, 0.4) is 0 Å². The molecule has 102 valence electrons. The Morgan fingerprint density at radius 2 is 1.89 bits per heavy atom. The predicted octanol–water partition coefficient (Wildman–Crippen LogP) is 2.42. The molecule has 0 saturated carbocycles. The second-order valence-corrected chi connectivity index (χ2v) is 5.13. The molecule has 0 atom stereocenters. The second-order valence-electron chi connectivity index (χ2n) is 5.13. The number of nitrogens with one attached hydrogen (secondary N) is 1. The first-order valence-electron chi connectivity index (χ1n) is 6.78. The lowest BCUT2D eigenvalue weighted by Gasteiger charge is -2.08. The predicted molar refractivity (Wildman–Crippen MR) is 77.7 cm³/mol. The quantitative estimate of drug-likeness (QED) is 0.895. The molecule has 2 heterocycles. The van der Waals surface area contributed by atoms with E-state index in [1.165, 1.54) is 11.3 Å². The molecule has 4 nitrogen and oxygen atoms in total. The van der Waals surface area contributed by atoms with Gasteiger partial charge >= 0.3 is 0 Å². The highest BCUT2D eigenvalue weighted by Crippen LogP contribution is 2.17. The largest absolute Gasteiger partial charge is 0.314 e. The number of aromatic nitrogens is 3. The Balaban J connectivity index is 2.20. The standard InChI is InChI=1S/C15H22N4/c1-11(2)17-10-7-15-12(3)18-19(13(15)4)14-5-8-16-9-6-14/h5-6,8-9,11,17H,7,10H2,1-4H3. The SMILES string of the molecule is Cc1nn(-c2ccncc2)c(C)c1CCNC(C)C. The van der Waals surface area contributed by atoms with Gasteiger partial charge in [-0.15, -0.1) is 0 Å². The van der Waals surface area contributed by atoms with Gasteiger partial charge in [0.15, 0.2) is 0 Å². The van der Waals surface area contributed by atoms with Crippen LogP contribution in [-0.2, 0) is 6.42 Å². The van der Waals surface area contributed by atoms with E-state index >= 15 is 0 Å². The average Bonchev–Trinajstić information content (AvgIpc) is 2.67. The Morgan fingerprint density at radius 1 is 1.21 bits per heavy atom. The smallest absolute Gasteiger partial charge is 0.0679 e. The van der Waals surface area contributed by atoms with E-state index in [0.29, 0.717) is 6.04 Å². The van der Waals surface area contributed by atoms with Gasteiger partial charge in [-0.2, -0.15) is 5.10 Å². The van der Waals surface area contributed by atoms with Crippen LogP contribution in [0.5, 0.6) is 0 Å². The summed E-state index contributed by atoms with van der Waals surface area (Å²) in [5, 5.41) is 8.09. The van der Waals surface area contributed by atoms with Crippen LogP contribution in [0.1, 0.15) is 30.8 Å². The summed E-state index contributed by atoms with van der Waals surface area (Å²) in [5.74, 6) is 0. The van der Waals surface area contributed by atoms with Crippen LogP contribution in [0.25, 0.3) is 5.69 Å². The molecule has 19 heavy (non-hydrogen) atoms. The zero-order valence-electron chi connectivity index (χ0n) is 12.1. The molecule has 0 radical (unpaired) electrons. The second kappa shape index (κ2) is 5.97. The van der Waals surface area contributed by atoms with E-state index < -0.39 is 0 Å². The Morgan fingerprint density at radius 3 is 2.53 bits per heavy atom. The summed E-state index contributed by atoms with van der Waals surface area (Å²) in [4.78, 5) is 4.05. The van der Waals surface area contributed by atoms with Crippen LogP contribution in [0.2, 0.25) is 0 Å². The van der Waals surface area contributed by atoms with E-state index in [4.69, 9.17) is 0 Å². The number of nitrogens with zero attached hydrogens (tertiary/aromatic N) is 3. The first-order valence-corrected chi connectivity index (χ1v) is 6.78. The molecule has 0 fully saturated rings. The number of aryl methyl sites for hydroxylation is 1. The molecule has 0 bridgehead atoms. The summed E-state index contributed by atoms with van der Waals surface area (Å²) >= 11 is 0. The van der Waals surface area contributed by atoms with Gasteiger partial charge in [0, 0.05) is 24.1 Å². The molecular weight excluding hydrogens is 236 g/mol. The third kappa shape index (κ3) is 3.20. The maximum atomic E-state index is 4.64.